The van der Waals surface area contributed by atoms with E-state index in [1.54, 1.807) is 18.2 Å². The van der Waals surface area contributed by atoms with E-state index in [1.165, 1.54) is 25.3 Å². The summed E-state index contributed by atoms with van der Waals surface area (Å²) in [5.74, 6) is -0.447. The first-order valence-electron chi connectivity index (χ1n) is 10.2. The maximum Gasteiger partial charge on any atom is 0.307 e. The van der Waals surface area contributed by atoms with Gasteiger partial charge < -0.3 is 14.5 Å². The van der Waals surface area contributed by atoms with E-state index in [2.05, 4.69) is 10.3 Å². The Labute approximate surface area is 184 Å². The maximum atomic E-state index is 13.0. The average molecular weight is 432 g/mol. The van der Waals surface area contributed by atoms with Gasteiger partial charge in [-0.15, -0.1) is 0 Å². The molecule has 3 aromatic carbocycles. The number of anilines is 1. The number of oxazole rings is 1. The summed E-state index contributed by atoms with van der Waals surface area (Å²) in [7, 11) is 0. The van der Waals surface area contributed by atoms with Crippen LogP contribution >= 0.6 is 0 Å². The van der Waals surface area contributed by atoms with Crippen LogP contribution in [0.2, 0.25) is 0 Å². The predicted molar refractivity (Wildman–Crippen MR) is 118 cm³/mol. The van der Waals surface area contributed by atoms with Crippen LogP contribution in [0.3, 0.4) is 0 Å². The largest absolute Gasteiger partial charge is 0.453 e. The van der Waals surface area contributed by atoms with Crippen LogP contribution < -0.4 is 5.32 Å². The molecule has 4 rings (SSSR count). The quantitative estimate of drug-likeness (QED) is 0.409. The Morgan fingerprint density at radius 2 is 1.81 bits per heavy atom. The zero-order chi connectivity index (χ0) is 22.5. The molecule has 0 saturated carbocycles. The molecule has 1 aromatic heterocycles. The summed E-state index contributed by atoms with van der Waals surface area (Å²) in [4.78, 5) is 28.8. The van der Waals surface area contributed by atoms with Gasteiger partial charge in [-0.3, -0.25) is 9.59 Å². The Morgan fingerprint density at radius 3 is 2.62 bits per heavy atom. The fourth-order valence-electron chi connectivity index (χ4n) is 3.26. The molecule has 0 radical (unpaired) electrons. The van der Waals surface area contributed by atoms with E-state index in [4.69, 9.17) is 9.15 Å². The molecular formula is C25H21FN2O4. The van der Waals surface area contributed by atoms with Crippen molar-refractivity contribution in [1.29, 1.82) is 0 Å². The van der Waals surface area contributed by atoms with Gasteiger partial charge in [0, 0.05) is 23.1 Å². The third-order valence-electron chi connectivity index (χ3n) is 4.95. The molecule has 0 aliphatic heterocycles. The molecule has 1 N–H and O–H groups in total. The van der Waals surface area contributed by atoms with Crippen molar-refractivity contribution >= 4 is 28.3 Å². The van der Waals surface area contributed by atoms with E-state index in [0.717, 1.165) is 10.8 Å². The van der Waals surface area contributed by atoms with Crippen LogP contribution in [0, 0.1) is 5.82 Å². The molecular weight excluding hydrogens is 411 g/mol. The number of carbonyl (C=O) groups excluding carboxylic acids is 2. The van der Waals surface area contributed by atoms with Crippen molar-refractivity contribution in [2.45, 2.75) is 25.9 Å². The summed E-state index contributed by atoms with van der Waals surface area (Å²) >= 11 is 0. The van der Waals surface area contributed by atoms with Gasteiger partial charge in [0.25, 0.3) is 5.91 Å². The number of nitrogens with one attached hydrogen (secondary N) is 1. The molecule has 1 heterocycles. The Bertz CT molecular complexity index is 1250. The monoisotopic (exact) mass is 432 g/mol. The second-order valence-corrected chi connectivity index (χ2v) is 7.27. The molecule has 162 valence electrons. The molecule has 4 aromatic rings. The summed E-state index contributed by atoms with van der Waals surface area (Å²) in [5.41, 5.74) is 1.34. The van der Waals surface area contributed by atoms with Crippen molar-refractivity contribution < 1.29 is 23.1 Å². The molecule has 1 atom stereocenters. The van der Waals surface area contributed by atoms with Crippen molar-refractivity contribution in [3.63, 3.8) is 0 Å². The summed E-state index contributed by atoms with van der Waals surface area (Å²) < 4.78 is 23.9. The molecule has 1 amide bonds. The van der Waals surface area contributed by atoms with E-state index in [0.29, 0.717) is 22.9 Å². The minimum absolute atomic E-state index is 0.00919. The van der Waals surface area contributed by atoms with Gasteiger partial charge in [-0.05, 0) is 42.6 Å². The fourth-order valence-corrected chi connectivity index (χ4v) is 3.26. The third-order valence-corrected chi connectivity index (χ3v) is 4.95. The van der Waals surface area contributed by atoms with Gasteiger partial charge >= 0.3 is 5.97 Å². The van der Waals surface area contributed by atoms with Crippen LogP contribution in [0.5, 0.6) is 0 Å². The lowest BCUT2D eigenvalue weighted by atomic mass is 10.1. The zero-order valence-corrected chi connectivity index (χ0v) is 17.4. The maximum absolute atomic E-state index is 13.0. The summed E-state index contributed by atoms with van der Waals surface area (Å²) in [6.07, 6.45) is 0.794. The van der Waals surface area contributed by atoms with Crippen LogP contribution in [0.25, 0.3) is 22.1 Å². The van der Waals surface area contributed by atoms with E-state index in [9.17, 15) is 14.0 Å². The number of benzene rings is 3. The minimum atomic E-state index is -0.958. The summed E-state index contributed by atoms with van der Waals surface area (Å²) in [6.45, 7) is 1.52. The Kier molecular flexibility index (Phi) is 6.26. The van der Waals surface area contributed by atoms with Gasteiger partial charge in [-0.2, -0.15) is 0 Å². The van der Waals surface area contributed by atoms with E-state index in [1.807, 2.05) is 36.4 Å². The number of hydrogen-bond acceptors (Lipinski definition) is 5. The predicted octanol–water partition coefficient (Wildman–Crippen LogP) is 5.14. The highest BCUT2D eigenvalue weighted by atomic mass is 19.1. The normalized spacial score (nSPS) is 11.8. The van der Waals surface area contributed by atoms with Gasteiger partial charge in [0.2, 0.25) is 0 Å². The molecule has 1 unspecified atom stereocenters. The molecule has 0 bridgehead atoms. The second kappa shape index (κ2) is 9.43. The van der Waals surface area contributed by atoms with Gasteiger partial charge in [-0.1, -0.05) is 36.4 Å². The molecule has 32 heavy (non-hydrogen) atoms. The highest BCUT2D eigenvalue weighted by molar-refractivity contribution is 6.03. The minimum Gasteiger partial charge on any atom is -0.453 e. The van der Waals surface area contributed by atoms with Crippen molar-refractivity contribution in [1.82, 2.24) is 4.98 Å². The summed E-state index contributed by atoms with van der Waals surface area (Å²) in [6, 6.07) is 19.1. The number of aromatic nitrogens is 1. The van der Waals surface area contributed by atoms with E-state index >= 15 is 0 Å². The second-order valence-electron chi connectivity index (χ2n) is 7.27. The first kappa shape index (κ1) is 21.2. The molecule has 7 heteroatoms. The number of halogens is 1. The molecule has 0 saturated heterocycles. The van der Waals surface area contributed by atoms with E-state index in [-0.39, 0.29) is 18.7 Å². The lowest BCUT2D eigenvalue weighted by Crippen LogP contribution is -2.30. The van der Waals surface area contributed by atoms with Gasteiger partial charge in [0.05, 0.1) is 12.6 Å². The standard InChI is InChI=1S/C25H21FN2O4/c1-16(25(30)28-21-8-4-6-17-5-2-3-7-20(17)21)31-24(29)14-13-23-27-15-22(32-23)18-9-11-19(26)12-10-18/h2-12,15-16H,13-14H2,1H3,(H,28,30). The van der Waals surface area contributed by atoms with Gasteiger partial charge in [0.1, 0.15) is 5.82 Å². The third kappa shape index (κ3) is 5.00. The topological polar surface area (TPSA) is 81.4 Å². The molecule has 0 aliphatic rings. The van der Waals surface area contributed by atoms with Crippen molar-refractivity contribution in [2.24, 2.45) is 0 Å². The van der Waals surface area contributed by atoms with Crippen LogP contribution in [0.15, 0.2) is 77.3 Å². The highest BCUT2D eigenvalue weighted by Crippen LogP contribution is 2.23. The smallest absolute Gasteiger partial charge is 0.307 e. The molecule has 0 fully saturated rings. The number of nitrogens with zero attached hydrogens (tertiary/aromatic N) is 1. The Balaban J connectivity index is 1.30. The lowest BCUT2D eigenvalue weighted by Gasteiger charge is -2.14. The van der Waals surface area contributed by atoms with Gasteiger partial charge in [-0.25, -0.2) is 9.37 Å². The number of fused-ring (bicyclic) bond motifs is 1. The van der Waals surface area contributed by atoms with Crippen LogP contribution in [-0.2, 0) is 20.7 Å². The van der Waals surface area contributed by atoms with Crippen molar-refractivity contribution in [2.75, 3.05) is 5.32 Å². The highest BCUT2D eigenvalue weighted by Gasteiger charge is 2.19. The van der Waals surface area contributed by atoms with Gasteiger partial charge in [0.15, 0.2) is 17.8 Å². The number of esters is 1. The van der Waals surface area contributed by atoms with Crippen molar-refractivity contribution in [3.8, 4) is 11.3 Å². The molecule has 0 aliphatic carbocycles. The van der Waals surface area contributed by atoms with Crippen molar-refractivity contribution in [3.05, 3.63) is 84.6 Å². The van der Waals surface area contributed by atoms with Crippen LogP contribution in [-0.4, -0.2) is 23.0 Å². The number of ether oxygens (including phenoxy) is 1. The average Bonchev–Trinajstić information content (AvgIpc) is 3.27. The van der Waals surface area contributed by atoms with Crippen LogP contribution in [0.4, 0.5) is 10.1 Å². The molecule has 6 nitrogen and oxygen atoms in total. The van der Waals surface area contributed by atoms with E-state index < -0.39 is 18.0 Å². The lowest BCUT2D eigenvalue weighted by molar-refractivity contribution is -0.153. The molecule has 0 spiro atoms. The van der Waals surface area contributed by atoms with Crippen LogP contribution in [0.1, 0.15) is 19.2 Å². The number of aryl methyl sites for hydroxylation is 1. The number of amides is 1. The Hall–Kier alpha value is -4.00. The SMILES string of the molecule is CC(OC(=O)CCc1ncc(-c2ccc(F)cc2)o1)C(=O)Nc1cccc2ccccc12. The number of carbonyl (C=O) groups is 2. The number of hydrogen-bond donors (Lipinski definition) is 1. The zero-order valence-electron chi connectivity index (χ0n) is 17.4. The number of rotatable bonds is 7. The Morgan fingerprint density at radius 1 is 1.06 bits per heavy atom. The fraction of sp³-hybridized carbons (Fsp3) is 0.160. The first-order valence-corrected chi connectivity index (χ1v) is 10.2. The first-order chi connectivity index (χ1) is 15.5. The summed E-state index contributed by atoms with van der Waals surface area (Å²) in [5, 5.41) is 4.72.